The van der Waals surface area contributed by atoms with Gasteiger partial charge >= 0.3 is 5.97 Å². The Morgan fingerprint density at radius 3 is 2.25 bits per heavy atom. The van der Waals surface area contributed by atoms with Gasteiger partial charge < -0.3 is 10.4 Å². The van der Waals surface area contributed by atoms with Crippen LogP contribution in [0, 0.1) is 0 Å². The predicted octanol–water partition coefficient (Wildman–Crippen LogP) is 0.696. The van der Waals surface area contributed by atoms with E-state index in [0.29, 0.717) is 12.6 Å². The summed E-state index contributed by atoms with van der Waals surface area (Å²) in [5.74, 6) is -1.30. The largest absolute Gasteiger partial charge is 0.480 e. The van der Waals surface area contributed by atoms with E-state index >= 15 is 0 Å². The van der Waals surface area contributed by atoms with Crippen LogP contribution in [0.15, 0.2) is 0 Å². The molecule has 0 aliphatic heterocycles. The van der Waals surface area contributed by atoms with Crippen molar-refractivity contribution in [3.8, 4) is 0 Å². The van der Waals surface area contributed by atoms with Gasteiger partial charge in [0, 0.05) is 19.5 Å². The quantitative estimate of drug-likeness (QED) is 0.675. The Kier molecular flexibility index (Phi) is 6.72. The molecule has 0 aromatic heterocycles. The van der Waals surface area contributed by atoms with E-state index in [4.69, 9.17) is 5.11 Å². The number of carbonyl (C=O) groups excluding carboxylic acids is 1. The van der Waals surface area contributed by atoms with Crippen LogP contribution in [0.5, 0.6) is 0 Å². The molecule has 2 N–H and O–H groups in total. The van der Waals surface area contributed by atoms with E-state index in [-0.39, 0.29) is 5.91 Å². The van der Waals surface area contributed by atoms with Crippen LogP contribution in [0.4, 0.5) is 0 Å². The van der Waals surface area contributed by atoms with E-state index in [2.05, 4.69) is 24.1 Å². The third kappa shape index (κ3) is 5.11. The molecule has 0 aromatic rings. The number of aliphatic carboxylic acids is 1. The molecular weight excluding hydrogens is 208 g/mol. The molecule has 1 amide bonds. The molecule has 16 heavy (non-hydrogen) atoms. The highest BCUT2D eigenvalue weighted by molar-refractivity contribution is 5.82. The third-order valence-electron chi connectivity index (χ3n) is 2.71. The molecular formula is C11H22N2O3. The minimum atomic E-state index is -0.989. The molecule has 5 nitrogen and oxygen atoms in total. The van der Waals surface area contributed by atoms with E-state index in [1.807, 2.05) is 6.92 Å². The normalized spacial score (nSPS) is 14.6. The maximum atomic E-state index is 11.0. The molecule has 0 radical (unpaired) electrons. The molecule has 0 saturated carbocycles. The summed E-state index contributed by atoms with van der Waals surface area (Å²) in [6.45, 7) is 8.55. The molecule has 0 aliphatic carbocycles. The zero-order valence-electron chi connectivity index (χ0n) is 10.5. The van der Waals surface area contributed by atoms with Crippen LogP contribution in [0.2, 0.25) is 0 Å². The molecule has 94 valence electrons. The molecule has 0 bridgehead atoms. The number of nitrogens with zero attached hydrogens (tertiary/aromatic N) is 1. The highest BCUT2D eigenvalue weighted by Gasteiger charge is 2.23. The molecule has 0 spiro atoms. The molecule has 0 aromatic carbocycles. The second-order valence-electron chi connectivity index (χ2n) is 3.94. The summed E-state index contributed by atoms with van der Waals surface area (Å²) in [5.41, 5.74) is 0. The molecule has 2 atom stereocenters. The van der Waals surface area contributed by atoms with Crippen molar-refractivity contribution in [3.05, 3.63) is 0 Å². The average molecular weight is 230 g/mol. The van der Waals surface area contributed by atoms with Gasteiger partial charge in [-0.3, -0.25) is 9.69 Å². The van der Waals surface area contributed by atoms with Crippen LogP contribution in [0.3, 0.4) is 0 Å². The maximum Gasteiger partial charge on any atom is 0.327 e. The number of nitrogens with one attached hydrogen (secondary N) is 1. The molecule has 0 heterocycles. The lowest BCUT2D eigenvalue weighted by Gasteiger charge is -2.29. The second-order valence-corrected chi connectivity index (χ2v) is 3.94. The van der Waals surface area contributed by atoms with Gasteiger partial charge in [0.05, 0.1) is 0 Å². The number of carboxylic acids is 1. The van der Waals surface area contributed by atoms with Crippen molar-refractivity contribution < 1.29 is 14.7 Å². The highest BCUT2D eigenvalue weighted by Crippen LogP contribution is 2.04. The van der Waals surface area contributed by atoms with E-state index in [9.17, 15) is 9.59 Å². The lowest BCUT2D eigenvalue weighted by atomic mass is 10.2. The summed E-state index contributed by atoms with van der Waals surface area (Å²) in [7, 11) is 0. The molecule has 0 rings (SSSR count). The molecule has 2 unspecified atom stereocenters. The Hall–Kier alpha value is -1.10. The first kappa shape index (κ1) is 14.9. The van der Waals surface area contributed by atoms with Crippen LogP contribution in [-0.4, -0.2) is 47.1 Å². The second kappa shape index (κ2) is 7.22. The van der Waals surface area contributed by atoms with Crippen molar-refractivity contribution in [3.63, 3.8) is 0 Å². The summed E-state index contributed by atoms with van der Waals surface area (Å²) in [5, 5.41) is 11.4. The number of hydrogen-bond acceptors (Lipinski definition) is 3. The predicted molar refractivity (Wildman–Crippen MR) is 62.2 cm³/mol. The number of rotatable bonds is 7. The number of hydrogen-bond donors (Lipinski definition) is 2. The van der Waals surface area contributed by atoms with Crippen LogP contribution < -0.4 is 5.32 Å². The first-order chi connectivity index (χ1) is 7.42. The van der Waals surface area contributed by atoms with Crippen molar-refractivity contribution in [2.24, 2.45) is 0 Å². The Labute approximate surface area is 96.8 Å². The monoisotopic (exact) mass is 230 g/mol. The molecule has 0 fully saturated rings. The Balaban J connectivity index is 4.46. The van der Waals surface area contributed by atoms with Crippen LogP contribution in [-0.2, 0) is 9.59 Å². The first-order valence-corrected chi connectivity index (χ1v) is 5.66. The minimum absolute atomic E-state index is 0.312. The minimum Gasteiger partial charge on any atom is -0.480 e. The summed E-state index contributed by atoms with van der Waals surface area (Å²) in [4.78, 5) is 23.9. The van der Waals surface area contributed by atoms with Crippen LogP contribution >= 0.6 is 0 Å². The van der Waals surface area contributed by atoms with Gasteiger partial charge in [0.1, 0.15) is 6.04 Å². The van der Waals surface area contributed by atoms with Gasteiger partial charge in [-0.15, -0.1) is 0 Å². The highest BCUT2D eigenvalue weighted by atomic mass is 16.4. The summed E-state index contributed by atoms with van der Waals surface area (Å²) in [6.07, 6.45) is 0.959. The summed E-state index contributed by atoms with van der Waals surface area (Å²) < 4.78 is 0. The Morgan fingerprint density at radius 1 is 1.38 bits per heavy atom. The standard InChI is InChI=1S/C11H22N2O3/c1-5-8(3)13(6-2)7-10(11(15)16)12-9(4)14/h8,10H,5-7H2,1-4H3,(H,12,14)(H,15,16). The van der Waals surface area contributed by atoms with Crippen LogP contribution in [0.25, 0.3) is 0 Å². The summed E-state index contributed by atoms with van der Waals surface area (Å²) in [6, 6.07) is -0.507. The fourth-order valence-electron chi connectivity index (χ4n) is 1.54. The van der Waals surface area contributed by atoms with E-state index in [1.165, 1.54) is 6.92 Å². The van der Waals surface area contributed by atoms with Crippen molar-refractivity contribution in [1.29, 1.82) is 0 Å². The molecule has 0 saturated heterocycles. The average Bonchev–Trinajstić information content (AvgIpc) is 2.22. The number of carboxylic acid groups (broad SMARTS) is 1. The number of amides is 1. The summed E-state index contributed by atoms with van der Waals surface area (Å²) >= 11 is 0. The third-order valence-corrected chi connectivity index (χ3v) is 2.71. The van der Waals surface area contributed by atoms with E-state index in [0.717, 1.165) is 13.0 Å². The van der Waals surface area contributed by atoms with Crippen molar-refractivity contribution >= 4 is 11.9 Å². The maximum absolute atomic E-state index is 11.0. The van der Waals surface area contributed by atoms with E-state index < -0.39 is 12.0 Å². The topological polar surface area (TPSA) is 69.6 Å². The van der Waals surface area contributed by atoms with Gasteiger partial charge in [-0.1, -0.05) is 13.8 Å². The molecule has 5 heteroatoms. The number of likely N-dealkylation sites (N-methyl/N-ethyl adjacent to an activating group) is 1. The van der Waals surface area contributed by atoms with Crippen molar-refractivity contribution in [1.82, 2.24) is 10.2 Å². The fraction of sp³-hybridized carbons (Fsp3) is 0.818. The van der Waals surface area contributed by atoms with Gasteiger partial charge in [-0.2, -0.15) is 0 Å². The zero-order valence-corrected chi connectivity index (χ0v) is 10.5. The van der Waals surface area contributed by atoms with Gasteiger partial charge in [-0.05, 0) is 19.9 Å². The number of carbonyl (C=O) groups is 2. The van der Waals surface area contributed by atoms with E-state index in [1.54, 1.807) is 0 Å². The first-order valence-electron chi connectivity index (χ1n) is 5.66. The van der Waals surface area contributed by atoms with Gasteiger partial charge in [0.2, 0.25) is 5.91 Å². The lowest BCUT2D eigenvalue weighted by molar-refractivity contribution is -0.142. The van der Waals surface area contributed by atoms with Gasteiger partial charge in [0.25, 0.3) is 0 Å². The lowest BCUT2D eigenvalue weighted by Crippen LogP contribution is -2.49. The Bertz CT molecular complexity index is 243. The fourth-order valence-corrected chi connectivity index (χ4v) is 1.54. The molecule has 0 aliphatic rings. The SMILES string of the molecule is CCC(C)N(CC)CC(NC(C)=O)C(=O)O. The smallest absolute Gasteiger partial charge is 0.327 e. The van der Waals surface area contributed by atoms with Crippen molar-refractivity contribution in [2.45, 2.75) is 46.2 Å². The van der Waals surface area contributed by atoms with Crippen LogP contribution in [0.1, 0.15) is 34.1 Å². The zero-order chi connectivity index (χ0) is 12.7. The Morgan fingerprint density at radius 2 is 1.94 bits per heavy atom. The van der Waals surface area contributed by atoms with Gasteiger partial charge in [0.15, 0.2) is 0 Å². The van der Waals surface area contributed by atoms with Gasteiger partial charge in [-0.25, -0.2) is 4.79 Å². The van der Waals surface area contributed by atoms with Crippen molar-refractivity contribution in [2.75, 3.05) is 13.1 Å².